The average molecular weight is 387 g/mol. The molecular formula is C20H26N4O2S. The van der Waals surface area contributed by atoms with Crippen LogP contribution in [0.25, 0.3) is 10.6 Å². The number of nitrogens with one attached hydrogen (secondary N) is 1. The molecule has 2 heterocycles. The maximum atomic E-state index is 12.5. The van der Waals surface area contributed by atoms with E-state index in [-0.39, 0.29) is 11.8 Å². The summed E-state index contributed by atoms with van der Waals surface area (Å²) in [6.07, 6.45) is 0.335. The van der Waals surface area contributed by atoms with E-state index in [1.165, 1.54) is 11.3 Å². The second-order valence-corrected chi connectivity index (χ2v) is 7.62. The fourth-order valence-electron chi connectivity index (χ4n) is 3.15. The van der Waals surface area contributed by atoms with Crippen molar-refractivity contribution in [3.63, 3.8) is 0 Å². The van der Waals surface area contributed by atoms with Crippen LogP contribution in [0.3, 0.4) is 0 Å². The van der Waals surface area contributed by atoms with Crippen molar-refractivity contribution in [1.82, 2.24) is 20.1 Å². The molecule has 0 spiro atoms. The number of benzene rings is 1. The summed E-state index contributed by atoms with van der Waals surface area (Å²) in [5, 5.41) is 3.70. The van der Waals surface area contributed by atoms with E-state index < -0.39 is 0 Å². The van der Waals surface area contributed by atoms with Crippen molar-refractivity contribution in [3.05, 3.63) is 40.9 Å². The maximum Gasteiger partial charge on any atom is 0.263 e. The fraction of sp³-hybridized carbons (Fsp3) is 0.450. The quantitative estimate of drug-likeness (QED) is 0.828. The molecule has 7 heteroatoms. The van der Waals surface area contributed by atoms with Gasteiger partial charge in [0.05, 0.1) is 5.69 Å². The number of piperazine rings is 1. The first-order valence-corrected chi connectivity index (χ1v) is 10.2. The van der Waals surface area contributed by atoms with Crippen molar-refractivity contribution in [2.75, 3.05) is 39.3 Å². The van der Waals surface area contributed by atoms with Crippen LogP contribution in [0.5, 0.6) is 0 Å². The van der Waals surface area contributed by atoms with Gasteiger partial charge in [-0.15, -0.1) is 11.3 Å². The van der Waals surface area contributed by atoms with Crippen LogP contribution in [0.2, 0.25) is 0 Å². The summed E-state index contributed by atoms with van der Waals surface area (Å²) in [6, 6.07) is 9.83. The van der Waals surface area contributed by atoms with Crippen molar-refractivity contribution in [2.45, 2.75) is 20.3 Å². The number of carbonyl (C=O) groups is 2. The molecule has 2 amide bonds. The zero-order chi connectivity index (χ0) is 19.2. The number of rotatable bonds is 6. The van der Waals surface area contributed by atoms with Crippen LogP contribution in [0, 0.1) is 6.92 Å². The summed E-state index contributed by atoms with van der Waals surface area (Å²) in [5.41, 5.74) is 1.73. The number of carbonyl (C=O) groups excluding carboxylic acids is 2. The van der Waals surface area contributed by atoms with E-state index in [0.717, 1.165) is 49.0 Å². The average Bonchev–Trinajstić information content (AvgIpc) is 3.10. The summed E-state index contributed by atoms with van der Waals surface area (Å²) in [6.45, 7) is 8.76. The Hall–Kier alpha value is -2.25. The number of thiazole rings is 1. The molecule has 1 aromatic heterocycles. The number of likely N-dealkylation sites (N-methyl/N-ethyl adjacent to an activating group) is 1. The molecule has 1 aliphatic heterocycles. The van der Waals surface area contributed by atoms with Crippen LogP contribution in [0.4, 0.5) is 0 Å². The van der Waals surface area contributed by atoms with E-state index in [9.17, 15) is 9.59 Å². The first-order valence-electron chi connectivity index (χ1n) is 9.39. The summed E-state index contributed by atoms with van der Waals surface area (Å²) in [7, 11) is 0. The first-order chi connectivity index (χ1) is 13.1. The van der Waals surface area contributed by atoms with Crippen LogP contribution in [0.1, 0.15) is 28.7 Å². The molecule has 1 aromatic carbocycles. The molecule has 1 saturated heterocycles. The van der Waals surface area contributed by atoms with Gasteiger partial charge >= 0.3 is 0 Å². The van der Waals surface area contributed by atoms with Gasteiger partial charge < -0.3 is 15.1 Å². The molecule has 0 atom stereocenters. The minimum atomic E-state index is -0.157. The molecule has 0 bridgehead atoms. The highest BCUT2D eigenvalue weighted by atomic mass is 32.1. The lowest BCUT2D eigenvalue weighted by molar-refractivity contribution is -0.132. The summed E-state index contributed by atoms with van der Waals surface area (Å²) in [4.78, 5) is 34.1. The van der Waals surface area contributed by atoms with Gasteiger partial charge in [-0.3, -0.25) is 9.59 Å². The zero-order valence-corrected chi connectivity index (χ0v) is 16.7. The van der Waals surface area contributed by atoms with E-state index in [2.05, 4.69) is 22.1 Å². The molecule has 0 unspecified atom stereocenters. The monoisotopic (exact) mass is 386 g/mol. The predicted octanol–water partition coefficient (Wildman–Crippen LogP) is 2.40. The van der Waals surface area contributed by atoms with Crippen molar-refractivity contribution in [3.8, 4) is 10.6 Å². The van der Waals surface area contributed by atoms with E-state index in [1.807, 2.05) is 42.2 Å². The van der Waals surface area contributed by atoms with Crippen molar-refractivity contribution in [1.29, 1.82) is 0 Å². The molecule has 3 rings (SSSR count). The third-order valence-electron chi connectivity index (χ3n) is 4.82. The van der Waals surface area contributed by atoms with E-state index in [4.69, 9.17) is 0 Å². The van der Waals surface area contributed by atoms with Crippen LogP contribution in [0.15, 0.2) is 30.3 Å². The molecule has 0 aliphatic carbocycles. The molecule has 2 aromatic rings. The van der Waals surface area contributed by atoms with Crippen LogP contribution < -0.4 is 5.32 Å². The van der Waals surface area contributed by atoms with Gasteiger partial charge in [-0.05, 0) is 13.5 Å². The predicted molar refractivity (Wildman–Crippen MR) is 108 cm³/mol. The lowest BCUT2D eigenvalue weighted by Gasteiger charge is -2.34. The Kier molecular flexibility index (Phi) is 6.58. The van der Waals surface area contributed by atoms with Gasteiger partial charge in [0.2, 0.25) is 5.91 Å². The zero-order valence-electron chi connectivity index (χ0n) is 15.9. The first kappa shape index (κ1) is 19.5. The van der Waals surface area contributed by atoms with E-state index in [0.29, 0.717) is 17.8 Å². The minimum Gasteiger partial charge on any atom is -0.351 e. The van der Waals surface area contributed by atoms with Crippen LogP contribution in [-0.4, -0.2) is 65.9 Å². The van der Waals surface area contributed by atoms with Gasteiger partial charge in [-0.25, -0.2) is 4.98 Å². The van der Waals surface area contributed by atoms with Gasteiger partial charge in [0.25, 0.3) is 5.91 Å². The van der Waals surface area contributed by atoms with Crippen molar-refractivity contribution < 1.29 is 9.59 Å². The normalized spacial score (nSPS) is 15.0. The third-order valence-corrected chi connectivity index (χ3v) is 6.03. The second kappa shape index (κ2) is 9.10. The minimum absolute atomic E-state index is 0.108. The van der Waals surface area contributed by atoms with Gasteiger partial charge in [0.1, 0.15) is 9.88 Å². The number of nitrogens with zero attached hydrogens (tertiary/aromatic N) is 3. The van der Waals surface area contributed by atoms with Crippen LogP contribution >= 0.6 is 11.3 Å². The van der Waals surface area contributed by atoms with E-state index >= 15 is 0 Å². The molecule has 1 fully saturated rings. The number of amides is 2. The fourth-order valence-corrected chi connectivity index (χ4v) is 4.13. The molecule has 1 aliphatic rings. The Bertz CT molecular complexity index is 783. The lowest BCUT2D eigenvalue weighted by Crippen LogP contribution is -2.49. The van der Waals surface area contributed by atoms with E-state index in [1.54, 1.807) is 0 Å². The van der Waals surface area contributed by atoms with Gasteiger partial charge in [-0.2, -0.15) is 0 Å². The van der Waals surface area contributed by atoms with Crippen molar-refractivity contribution >= 4 is 23.2 Å². The Morgan fingerprint density at radius 3 is 2.52 bits per heavy atom. The molecule has 0 radical (unpaired) electrons. The van der Waals surface area contributed by atoms with Gasteiger partial charge in [0, 0.05) is 44.7 Å². The molecular weight excluding hydrogens is 360 g/mol. The topological polar surface area (TPSA) is 65.5 Å². The number of aromatic nitrogens is 1. The van der Waals surface area contributed by atoms with Gasteiger partial charge in [0.15, 0.2) is 0 Å². The Morgan fingerprint density at radius 2 is 1.85 bits per heavy atom. The summed E-state index contributed by atoms with van der Waals surface area (Å²) in [5.74, 6) is -0.0483. The largest absolute Gasteiger partial charge is 0.351 e. The maximum absolute atomic E-state index is 12.5. The molecule has 0 saturated carbocycles. The molecule has 1 N–H and O–H groups in total. The Balaban J connectivity index is 1.50. The van der Waals surface area contributed by atoms with Crippen LogP contribution in [-0.2, 0) is 4.79 Å². The smallest absolute Gasteiger partial charge is 0.263 e. The highest BCUT2D eigenvalue weighted by molar-refractivity contribution is 7.17. The molecule has 6 nitrogen and oxygen atoms in total. The highest BCUT2D eigenvalue weighted by Gasteiger charge is 2.20. The third kappa shape index (κ3) is 4.93. The molecule has 144 valence electrons. The van der Waals surface area contributed by atoms with Crippen molar-refractivity contribution in [2.24, 2.45) is 0 Å². The Labute approximate surface area is 164 Å². The number of aryl methyl sites for hydroxylation is 1. The summed E-state index contributed by atoms with van der Waals surface area (Å²) < 4.78 is 0. The summed E-state index contributed by atoms with van der Waals surface area (Å²) >= 11 is 1.39. The Morgan fingerprint density at radius 1 is 1.15 bits per heavy atom. The highest BCUT2D eigenvalue weighted by Crippen LogP contribution is 2.27. The number of hydrogen-bond acceptors (Lipinski definition) is 5. The lowest BCUT2D eigenvalue weighted by atomic mass is 10.2. The standard InChI is InChI=1S/C20H26N4O2S/c1-3-23-11-13-24(14-12-23)17(25)9-10-21-19(26)18-15(2)22-20(27-18)16-7-5-4-6-8-16/h4-8H,3,9-14H2,1-2H3,(H,21,26). The SMILES string of the molecule is CCN1CCN(C(=O)CCNC(=O)c2sc(-c3ccccc3)nc2C)CC1. The van der Waals surface area contributed by atoms with Gasteiger partial charge in [-0.1, -0.05) is 37.3 Å². The number of hydrogen-bond donors (Lipinski definition) is 1. The second-order valence-electron chi connectivity index (χ2n) is 6.62. The molecule has 27 heavy (non-hydrogen) atoms.